The Balaban J connectivity index is 2.02. The van der Waals surface area contributed by atoms with E-state index in [1.165, 1.54) is 0 Å². The van der Waals surface area contributed by atoms with E-state index in [4.69, 9.17) is 10.5 Å². The monoisotopic (exact) mass is 418 g/mol. The lowest BCUT2D eigenvalue weighted by Gasteiger charge is -2.38. The Morgan fingerprint density at radius 1 is 1.55 bits per heavy atom. The number of nitrogens with zero attached hydrogens (tertiary/aromatic N) is 2. The number of carbonyl (C=O) groups is 1. The van der Waals surface area contributed by atoms with Gasteiger partial charge in [-0.3, -0.25) is 4.98 Å². The predicted molar refractivity (Wildman–Crippen MR) is 96.4 cm³/mol. The molecule has 0 aliphatic carbocycles. The van der Waals surface area contributed by atoms with E-state index in [1.54, 1.807) is 12.4 Å². The average molecular weight is 418 g/mol. The van der Waals surface area contributed by atoms with Crippen LogP contribution < -0.4 is 16.0 Å². The first kappa shape index (κ1) is 17.1. The summed E-state index contributed by atoms with van der Waals surface area (Å²) in [7, 11) is 0. The Morgan fingerprint density at radius 2 is 2.27 bits per heavy atom. The van der Waals surface area contributed by atoms with E-state index in [9.17, 15) is 4.79 Å². The first-order chi connectivity index (χ1) is 10.3. The molecule has 2 heterocycles. The number of nitrogens with one attached hydrogen (secondary N) is 1. The van der Waals surface area contributed by atoms with Gasteiger partial charge in [0.15, 0.2) is 0 Å². The number of nitrogens with two attached hydrogens (primary N) is 1. The number of hydrogen-bond acceptors (Lipinski definition) is 5. The topological polar surface area (TPSA) is 80.5 Å². The fourth-order valence-corrected chi connectivity index (χ4v) is 3.11. The number of carbonyl (C=O) groups excluding carboxylic acids is 1. The average Bonchev–Trinajstić information content (AvgIpc) is 2.40. The Bertz CT molecular complexity index is 533. The number of pyridine rings is 1. The molecule has 7 heteroatoms. The molecule has 2 rings (SSSR count). The van der Waals surface area contributed by atoms with E-state index in [0.29, 0.717) is 16.2 Å². The highest BCUT2D eigenvalue weighted by molar-refractivity contribution is 14.1. The highest BCUT2D eigenvalue weighted by Gasteiger charge is 2.30. The molecule has 0 aromatic carbocycles. The minimum Gasteiger partial charge on any atom is -0.444 e. The zero-order valence-corrected chi connectivity index (χ0v) is 15.3. The van der Waals surface area contributed by atoms with Crippen LogP contribution in [0.5, 0.6) is 0 Å². The number of ether oxygens (including phenoxy) is 1. The van der Waals surface area contributed by atoms with Crippen LogP contribution in [0.15, 0.2) is 18.5 Å². The van der Waals surface area contributed by atoms with Crippen molar-refractivity contribution in [3.63, 3.8) is 0 Å². The second-order valence-electron chi connectivity index (χ2n) is 6.44. The molecule has 3 N–H and O–H groups in total. The summed E-state index contributed by atoms with van der Waals surface area (Å²) in [5.74, 6) is 0. The molecule has 2 atom stereocenters. The van der Waals surface area contributed by atoms with Gasteiger partial charge < -0.3 is 20.7 Å². The highest BCUT2D eigenvalue weighted by Crippen LogP contribution is 2.27. The van der Waals surface area contributed by atoms with Crippen molar-refractivity contribution in [2.45, 2.75) is 42.8 Å². The lowest BCUT2D eigenvalue weighted by Crippen LogP contribution is -2.54. The zero-order valence-electron chi connectivity index (χ0n) is 13.2. The smallest absolute Gasteiger partial charge is 0.407 e. The third-order valence-corrected chi connectivity index (χ3v) is 4.89. The van der Waals surface area contributed by atoms with Crippen LogP contribution in [0.3, 0.4) is 0 Å². The van der Waals surface area contributed by atoms with Gasteiger partial charge in [-0.15, -0.1) is 0 Å². The van der Waals surface area contributed by atoms with Crippen LogP contribution in [0, 0.1) is 0 Å². The number of aromatic nitrogens is 1. The predicted octanol–water partition coefficient (Wildman–Crippen LogP) is 2.57. The summed E-state index contributed by atoms with van der Waals surface area (Å²) < 4.78 is 5.71. The van der Waals surface area contributed by atoms with Crippen molar-refractivity contribution >= 4 is 40.1 Å². The number of alkyl carbamates (subject to hydrolysis) is 1. The number of nitrogen functional groups attached to an aromatic ring is 1. The summed E-state index contributed by atoms with van der Waals surface area (Å²) in [5, 5.41) is 2.98. The Hall–Kier alpha value is -1.25. The number of amides is 1. The lowest BCUT2D eigenvalue weighted by atomic mass is 10.0. The minimum absolute atomic E-state index is 0.0248. The molecule has 2 unspecified atom stereocenters. The van der Waals surface area contributed by atoms with Crippen molar-refractivity contribution in [2.24, 2.45) is 0 Å². The minimum atomic E-state index is -0.491. The van der Waals surface area contributed by atoms with Gasteiger partial charge in [0.05, 0.1) is 23.6 Å². The van der Waals surface area contributed by atoms with E-state index in [1.807, 2.05) is 26.8 Å². The van der Waals surface area contributed by atoms with Crippen LogP contribution in [0.2, 0.25) is 0 Å². The summed E-state index contributed by atoms with van der Waals surface area (Å²) in [6, 6.07) is 1.93. The molecule has 1 aromatic rings. The molecule has 1 amide bonds. The molecule has 1 aliphatic rings. The van der Waals surface area contributed by atoms with Crippen LogP contribution in [0.4, 0.5) is 16.2 Å². The second kappa shape index (κ2) is 6.89. The lowest BCUT2D eigenvalue weighted by molar-refractivity contribution is 0.0503. The van der Waals surface area contributed by atoms with Crippen LogP contribution in [0.25, 0.3) is 0 Å². The van der Waals surface area contributed by atoms with Crippen molar-refractivity contribution in [1.29, 1.82) is 0 Å². The Morgan fingerprint density at radius 3 is 2.91 bits per heavy atom. The Labute approximate surface area is 144 Å². The number of rotatable bonds is 2. The summed E-state index contributed by atoms with van der Waals surface area (Å²) in [6.07, 6.45) is 3.99. The molecule has 0 radical (unpaired) electrons. The summed E-state index contributed by atoms with van der Waals surface area (Å²) in [5.41, 5.74) is 7.13. The van der Waals surface area contributed by atoms with Gasteiger partial charge in [-0.25, -0.2) is 4.79 Å². The van der Waals surface area contributed by atoms with Crippen LogP contribution in [0.1, 0.15) is 27.2 Å². The maximum atomic E-state index is 12.0. The normalized spacial score (nSPS) is 22.3. The molecule has 0 bridgehead atoms. The molecule has 6 nitrogen and oxygen atoms in total. The molecule has 0 spiro atoms. The fourth-order valence-electron chi connectivity index (χ4n) is 2.42. The van der Waals surface area contributed by atoms with Gasteiger partial charge in [-0.1, -0.05) is 22.6 Å². The summed E-state index contributed by atoms with van der Waals surface area (Å²) in [6.45, 7) is 7.20. The van der Waals surface area contributed by atoms with E-state index >= 15 is 0 Å². The van der Waals surface area contributed by atoms with Gasteiger partial charge in [0, 0.05) is 23.2 Å². The summed E-state index contributed by atoms with van der Waals surface area (Å²) >= 11 is 2.39. The first-order valence-corrected chi connectivity index (χ1v) is 8.59. The van der Waals surface area contributed by atoms with Crippen LogP contribution >= 0.6 is 22.6 Å². The van der Waals surface area contributed by atoms with Crippen LogP contribution in [-0.4, -0.2) is 39.7 Å². The van der Waals surface area contributed by atoms with Crippen LogP contribution in [-0.2, 0) is 4.74 Å². The third kappa shape index (κ3) is 4.62. The zero-order chi connectivity index (χ0) is 16.3. The first-order valence-electron chi connectivity index (χ1n) is 7.34. The number of hydrogen-bond donors (Lipinski definition) is 2. The molecule has 1 saturated heterocycles. The largest absolute Gasteiger partial charge is 0.444 e. The standard InChI is InChI=1S/C15H23IN4O2/c1-15(2,3)22-14(21)19-12-9-20(7-5-10(12)16)13-4-6-18-8-11(13)17/h4,6,8,10,12H,5,7,9,17H2,1-3H3,(H,19,21). The van der Waals surface area contributed by atoms with Gasteiger partial charge in [-0.2, -0.15) is 0 Å². The van der Waals surface area contributed by atoms with E-state index < -0.39 is 5.60 Å². The molecule has 1 fully saturated rings. The molecule has 1 aromatic heterocycles. The van der Waals surface area contributed by atoms with E-state index in [-0.39, 0.29) is 12.1 Å². The molecular formula is C15H23IN4O2. The van der Waals surface area contributed by atoms with Crippen molar-refractivity contribution in [1.82, 2.24) is 10.3 Å². The maximum absolute atomic E-state index is 12.0. The summed E-state index contributed by atoms with van der Waals surface area (Å²) in [4.78, 5) is 18.2. The molecule has 122 valence electrons. The van der Waals surface area contributed by atoms with Gasteiger partial charge in [0.1, 0.15) is 5.60 Å². The molecule has 1 aliphatic heterocycles. The van der Waals surface area contributed by atoms with Gasteiger partial charge in [0.2, 0.25) is 0 Å². The third-order valence-electron chi connectivity index (χ3n) is 3.40. The number of halogens is 1. The highest BCUT2D eigenvalue weighted by atomic mass is 127. The van der Waals surface area contributed by atoms with E-state index in [2.05, 4.69) is 37.8 Å². The van der Waals surface area contributed by atoms with Crippen molar-refractivity contribution in [3.8, 4) is 0 Å². The van der Waals surface area contributed by atoms with Crippen molar-refractivity contribution in [2.75, 3.05) is 23.7 Å². The second-order valence-corrected chi connectivity index (χ2v) is 8.04. The molecule has 0 saturated carbocycles. The van der Waals surface area contributed by atoms with Gasteiger partial charge in [-0.05, 0) is 33.3 Å². The number of alkyl halides is 1. The maximum Gasteiger partial charge on any atom is 0.407 e. The van der Waals surface area contributed by atoms with Crippen molar-refractivity contribution in [3.05, 3.63) is 18.5 Å². The van der Waals surface area contributed by atoms with Gasteiger partial charge >= 0.3 is 6.09 Å². The van der Waals surface area contributed by atoms with Gasteiger partial charge in [0.25, 0.3) is 0 Å². The molecular weight excluding hydrogens is 395 g/mol. The Kier molecular flexibility index (Phi) is 5.36. The molecule has 22 heavy (non-hydrogen) atoms. The number of anilines is 2. The fraction of sp³-hybridized carbons (Fsp3) is 0.600. The quantitative estimate of drug-likeness (QED) is 0.570. The van der Waals surface area contributed by atoms with Crippen molar-refractivity contribution < 1.29 is 9.53 Å². The van der Waals surface area contributed by atoms with E-state index in [0.717, 1.165) is 18.7 Å². The number of piperidine rings is 1. The SMILES string of the molecule is CC(C)(C)OC(=O)NC1CN(c2ccncc2N)CCC1I.